The Morgan fingerprint density at radius 2 is 1.16 bits per heavy atom. The molecular formula is C18H34Co2N7O4-. The molecule has 0 atom stereocenters. The first-order valence-electron chi connectivity index (χ1n) is 9.11. The standard InChI is InChI=1S/C10H16N2.2C4H8N2O2.2Co.H2N/c1-5-11-6-2-9(1)10-3-7-12-8-4-10;2*1-3(5-7)4(2)6-8;;;/h1,10H,2-8H2;2*7-8H,1-2H3;;;1H2/q-2;;;;+2;-1/b;2*5-3+,6-4+;;;. The molecular weight excluding hydrogens is 496 g/mol. The number of nitrogens with zero attached hydrogens (tertiary/aromatic N) is 6. The van der Waals surface area contributed by atoms with Crippen LogP contribution < -0.4 is 0 Å². The van der Waals surface area contributed by atoms with Gasteiger partial charge in [0.2, 0.25) is 0 Å². The average Bonchev–Trinajstić information content (AvgIpc) is 2.78. The first-order valence-corrected chi connectivity index (χ1v) is 9.11. The molecule has 0 unspecified atom stereocenters. The van der Waals surface area contributed by atoms with Crippen molar-refractivity contribution in [1.82, 2.24) is 0 Å². The predicted octanol–water partition coefficient (Wildman–Crippen LogP) is 4.56. The second-order valence-electron chi connectivity index (χ2n) is 6.35. The molecule has 13 heteroatoms. The van der Waals surface area contributed by atoms with Crippen LogP contribution in [0.2, 0.25) is 0 Å². The summed E-state index contributed by atoms with van der Waals surface area (Å²) < 4.78 is 0. The summed E-state index contributed by atoms with van der Waals surface area (Å²) in [6.45, 7) is 10.3. The molecule has 0 amide bonds. The summed E-state index contributed by atoms with van der Waals surface area (Å²) in [5, 5.41) is 52.0. The van der Waals surface area contributed by atoms with Crippen LogP contribution >= 0.6 is 0 Å². The molecule has 2 aliphatic heterocycles. The van der Waals surface area contributed by atoms with Crippen LogP contribution in [-0.4, -0.2) is 69.9 Å². The third kappa shape index (κ3) is 16.8. The van der Waals surface area contributed by atoms with Crippen molar-refractivity contribution in [2.45, 2.75) is 47.0 Å². The number of rotatable bonds is 3. The van der Waals surface area contributed by atoms with Crippen LogP contribution in [0.1, 0.15) is 47.0 Å². The van der Waals surface area contributed by atoms with E-state index in [0.717, 1.165) is 32.1 Å². The van der Waals surface area contributed by atoms with E-state index in [9.17, 15) is 0 Å². The number of hydrogen-bond donors (Lipinski definition) is 4. The van der Waals surface area contributed by atoms with E-state index in [1.807, 2.05) is 0 Å². The van der Waals surface area contributed by atoms with Gasteiger partial charge in [0.1, 0.15) is 22.8 Å². The van der Waals surface area contributed by atoms with Crippen molar-refractivity contribution in [3.05, 3.63) is 28.4 Å². The van der Waals surface area contributed by atoms with E-state index in [0.29, 0.717) is 22.8 Å². The van der Waals surface area contributed by atoms with Crippen molar-refractivity contribution >= 4 is 22.8 Å². The third-order valence-electron chi connectivity index (χ3n) is 4.48. The third-order valence-corrected chi connectivity index (χ3v) is 4.48. The van der Waals surface area contributed by atoms with Crippen LogP contribution in [0.5, 0.6) is 0 Å². The number of nitrogens with two attached hydrogens (primary N) is 1. The zero-order valence-electron chi connectivity index (χ0n) is 18.3. The normalized spacial score (nSPS) is 17.7. The summed E-state index contributed by atoms with van der Waals surface area (Å²) in [6, 6.07) is 0. The molecule has 2 heterocycles. The van der Waals surface area contributed by atoms with Crippen molar-refractivity contribution < 1.29 is 54.4 Å². The van der Waals surface area contributed by atoms with E-state index in [1.54, 1.807) is 5.57 Å². The predicted molar refractivity (Wildman–Crippen MR) is 116 cm³/mol. The van der Waals surface area contributed by atoms with E-state index in [1.165, 1.54) is 47.0 Å². The Balaban J connectivity index is -0.000000175. The van der Waals surface area contributed by atoms with Gasteiger partial charge in [-0.15, -0.1) is 32.3 Å². The van der Waals surface area contributed by atoms with Crippen molar-refractivity contribution in [1.29, 1.82) is 0 Å². The average molecular weight is 530 g/mol. The molecule has 2 radical (unpaired) electrons. The van der Waals surface area contributed by atoms with Gasteiger partial charge in [-0.25, -0.2) is 0 Å². The number of piperidine rings is 1. The van der Waals surface area contributed by atoms with Gasteiger partial charge in [-0.05, 0) is 33.6 Å². The fourth-order valence-corrected chi connectivity index (χ4v) is 2.36. The maximum absolute atomic E-state index is 8.03. The number of hydrogen-bond acceptors (Lipinski definition) is 8. The monoisotopic (exact) mass is 530 g/mol. The van der Waals surface area contributed by atoms with Crippen molar-refractivity contribution in [2.24, 2.45) is 26.5 Å². The molecule has 0 aliphatic carbocycles. The summed E-state index contributed by atoms with van der Waals surface area (Å²) in [7, 11) is 0. The van der Waals surface area contributed by atoms with Crippen LogP contribution in [0, 0.1) is 5.92 Å². The first kappa shape index (κ1) is 36.9. The summed E-state index contributed by atoms with van der Waals surface area (Å²) >= 11 is 0. The Hall–Kier alpha value is -1.49. The van der Waals surface area contributed by atoms with E-state index in [2.05, 4.69) is 37.3 Å². The number of oxime groups is 4. The summed E-state index contributed by atoms with van der Waals surface area (Å²) in [6.07, 6.45) is 6.11. The molecule has 0 saturated carbocycles. The SMILES string of the molecule is C1=C(C2CC[N-]CC2)CC[N-]C1.CC(=N\O)/C(C)=N/O.CC(=N\O)/C(C)=N/O.[Co+2].[Co].[NH2-]. The Kier molecular flexibility index (Phi) is 27.6. The molecule has 2 rings (SSSR count). The topological polar surface area (TPSA) is 192 Å². The minimum atomic E-state index is 0. The maximum Gasteiger partial charge on any atom is 2.00 e. The second-order valence-corrected chi connectivity index (χ2v) is 6.35. The molecule has 0 bridgehead atoms. The summed E-state index contributed by atoms with van der Waals surface area (Å²) in [5.74, 6) is 0.845. The van der Waals surface area contributed by atoms with Crippen LogP contribution in [0.25, 0.3) is 16.8 Å². The first-order chi connectivity index (χ1) is 13.4. The molecule has 0 aromatic heterocycles. The quantitative estimate of drug-likeness (QED) is 0.180. The van der Waals surface area contributed by atoms with Gasteiger partial charge in [0, 0.05) is 16.8 Å². The fourth-order valence-electron chi connectivity index (χ4n) is 2.36. The van der Waals surface area contributed by atoms with Gasteiger partial charge in [-0.2, -0.15) is 0 Å². The Bertz CT molecular complexity index is 542. The smallest absolute Gasteiger partial charge is 0.693 e. The Morgan fingerprint density at radius 3 is 1.45 bits per heavy atom. The molecule has 31 heavy (non-hydrogen) atoms. The summed E-state index contributed by atoms with van der Waals surface area (Å²) in [4.78, 5) is 0. The van der Waals surface area contributed by atoms with Gasteiger partial charge in [-0.1, -0.05) is 45.5 Å². The van der Waals surface area contributed by atoms with Crippen molar-refractivity contribution in [3.63, 3.8) is 0 Å². The van der Waals surface area contributed by atoms with Crippen molar-refractivity contribution in [2.75, 3.05) is 26.2 Å². The van der Waals surface area contributed by atoms with Gasteiger partial charge >= 0.3 is 16.8 Å². The van der Waals surface area contributed by atoms with E-state index in [4.69, 9.17) is 20.8 Å². The molecule has 1 saturated heterocycles. The molecule has 0 aromatic rings. The molecule has 1 fully saturated rings. The molecule has 0 aromatic carbocycles. The van der Waals surface area contributed by atoms with E-state index < -0.39 is 0 Å². The summed E-state index contributed by atoms with van der Waals surface area (Å²) in [5.41, 5.74) is 2.92. The molecule has 0 spiro atoms. The molecule has 11 nitrogen and oxygen atoms in total. The van der Waals surface area contributed by atoms with Gasteiger partial charge < -0.3 is 37.6 Å². The largest absolute Gasteiger partial charge is 2.00 e. The Labute approximate surface area is 205 Å². The van der Waals surface area contributed by atoms with Crippen LogP contribution in [0.3, 0.4) is 0 Å². The van der Waals surface area contributed by atoms with Gasteiger partial charge in [0.05, 0.1) is 0 Å². The molecule has 184 valence electrons. The van der Waals surface area contributed by atoms with Crippen molar-refractivity contribution in [3.8, 4) is 0 Å². The zero-order chi connectivity index (χ0) is 21.4. The zero-order valence-corrected chi connectivity index (χ0v) is 20.4. The second kappa shape index (κ2) is 23.2. The van der Waals surface area contributed by atoms with Gasteiger partial charge in [-0.3, -0.25) is 0 Å². The van der Waals surface area contributed by atoms with Crippen LogP contribution in [0.15, 0.2) is 32.3 Å². The minimum Gasteiger partial charge on any atom is -0.693 e. The minimum absolute atomic E-state index is 0. The van der Waals surface area contributed by atoms with E-state index in [-0.39, 0.29) is 39.7 Å². The van der Waals surface area contributed by atoms with Gasteiger partial charge in [0.15, 0.2) is 0 Å². The Morgan fingerprint density at radius 1 is 0.774 bits per heavy atom. The fraction of sp³-hybridized carbons (Fsp3) is 0.667. The van der Waals surface area contributed by atoms with Crippen LogP contribution in [-0.2, 0) is 33.6 Å². The molecule has 6 N–H and O–H groups in total. The maximum atomic E-state index is 8.03. The van der Waals surface area contributed by atoms with Crippen LogP contribution in [0.4, 0.5) is 0 Å². The van der Waals surface area contributed by atoms with Gasteiger partial charge in [0.25, 0.3) is 0 Å². The van der Waals surface area contributed by atoms with E-state index >= 15 is 0 Å². The molecule has 2 aliphatic rings.